The van der Waals surface area contributed by atoms with Crippen LogP contribution in [-0.4, -0.2) is 45.4 Å². The molecule has 144 valence electrons. The van der Waals surface area contributed by atoms with E-state index in [9.17, 15) is 13.2 Å². The average Bonchev–Trinajstić information content (AvgIpc) is 3.09. The van der Waals surface area contributed by atoms with Crippen molar-refractivity contribution < 1.29 is 13.2 Å². The van der Waals surface area contributed by atoms with Gasteiger partial charge in [-0.1, -0.05) is 42.5 Å². The zero-order chi connectivity index (χ0) is 19.4. The van der Waals surface area contributed by atoms with Crippen molar-refractivity contribution in [2.75, 3.05) is 20.1 Å². The molecule has 0 unspecified atom stereocenters. The fourth-order valence-electron chi connectivity index (χ4n) is 3.45. The number of nitrogens with one attached hydrogen (secondary N) is 1. The number of sulfonamides is 1. The Balaban J connectivity index is 1.57. The summed E-state index contributed by atoms with van der Waals surface area (Å²) in [6.45, 7) is 1.21. The molecule has 0 bridgehead atoms. The highest BCUT2D eigenvalue weighted by atomic mass is 32.2. The van der Waals surface area contributed by atoms with Gasteiger partial charge in [0.15, 0.2) is 0 Å². The van der Waals surface area contributed by atoms with Crippen molar-refractivity contribution in [2.45, 2.75) is 29.7 Å². The molecule has 0 spiro atoms. The maximum Gasteiger partial charge on any atom is 0.240 e. The Bertz CT molecular complexity index is 882. The van der Waals surface area contributed by atoms with E-state index in [0.29, 0.717) is 25.9 Å². The van der Waals surface area contributed by atoms with Gasteiger partial charge >= 0.3 is 0 Å². The van der Waals surface area contributed by atoms with Crippen molar-refractivity contribution in [1.82, 2.24) is 9.62 Å². The van der Waals surface area contributed by atoms with Crippen LogP contribution in [0, 0.1) is 0 Å². The molecule has 7 heteroatoms. The van der Waals surface area contributed by atoms with E-state index in [2.05, 4.69) is 16.9 Å². The second-order valence-electron chi connectivity index (χ2n) is 6.83. The monoisotopic (exact) mass is 387 g/mol. The van der Waals surface area contributed by atoms with Crippen LogP contribution in [-0.2, 0) is 21.2 Å². The second-order valence-corrected chi connectivity index (χ2v) is 8.72. The van der Waals surface area contributed by atoms with Gasteiger partial charge in [-0.25, -0.2) is 13.1 Å². The molecule has 1 aliphatic rings. The van der Waals surface area contributed by atoms with Gasteiger partial charge in [-0.3, -0.25) is 4.79 Å². The SMILES string of the molecule is CNS(=O)(=O)c1ccc(CCC(=O)N2C[C@@H](N)[C@H](c3ccccc3)C2)cc1. The van der Waals surface area contributed by atoms with Gasteiger partial charge in [0.1, 0.15) is 0 Å². The maximum atomic E-state index is 12.6. The molecule has 1 fully saturated rings. The van der Waals surface area contributed by atoms with Crippen molar-refractivity contribution in [2.24, 2.45) is 5.73 Å². The van der Waals surface area contributed by atoms with E-state index >= 15 is 0 Å². The predicted octanol–water partition coefficient (Wildman–Crippen LogP) is 1.48. The summed E-state index contributed by atoms with van der Waals surface area (Å²) in [7, 11) is -2.06. The summed E-state index contributed by atoms with van der Waals surface area (Å²) in [5, 5.41) is 0. The van der Waals surface area contributed by atoms with Crippen LogP contribution in [0.25, 0.3) is 0 Å². The Kier molecular flexibility index (Phi) is 5.94. The second kappa shape index (κ2) is 8.21. The third kappa shape index (κ3) is 4.55. The summed E-state index contributed by atoms with van der Waals surface area (Å²) in [6, 6.07) is 16.6. The first-order chi connectivity index (χ1) is 12.9. The number of benzene rings is 2. The number of hydrogen-bond acceptors (Lipinski definition) is 4. The van der Waals surface area contributed by atoms with Crippen molar-refractivity contribution in [3.05, 3.63) is 65.7 Å². The maximum absolute atomic E-state index is 12.6. The van der Waals surface area contributed by atoms with Crippen LogP contribution in [0.5, 0.6) is 0 Å². The van der Waals surface area contributed by atoms with Crippen LogP contribution in [0.2, 0.25) is 0 Å². The van der Waals surface area contributed by atoms with Crippen LogP contribution in [0.1, 0.15) is 23.5 Å². The topological polar surface area (TPSA) is 92.5 Å². The molecule has 1 heterocycles. The van der Waals surface area contributed by atoms with Crippen molar-refractivity contribution in [3.63, 3.8) is 0 Å². The number of carbonyl (C=O) groups is 1. The van der Waals surface area contributed by atoms with E-state index in [0.717, 1.165) is 5.56 Å². The Hall–Kier alpha value is -2.22. The number of hydrogen-bond donors (Lipinski definition) is 2. The van der Waals surface area contributed by atoms with E-state index in [1.165, 1.54) is 12.6 Å². The lowest BCUT2D eigenvalue weighted by Crippen LogP contribution is -2.32. The molecule has 1 aliphatic heterocycles. The summed E-state index contributed by atoms with van der Waals surface area (Å²) in [4.78, 5) is 14.6. The van der Waals surface area contributed by atoms with E-state index in [4.69, 9.17) is 5.73 Å². The molecule has 2 aromatic rings. The van der Waals surface area contributed by atoms with E-state index in [1.807, 2.05) is 23.1 Å². The fourth-order valence-corrected chi connectivity index (χ4v) is 4.18. The lowest BCUT2D eigenvalue weighted by Gasteiger charge is -2.16. The van der Waals surface area contributed by atoms with E-state index in [-0.39, 0.29) is 22.8 Å². The third-order valence-electron chi connectivity index (χ3n) is 5.08. The van der Waals surface area contributed by atoms with Gasteiger partial charge in [-0.2, -0.15) is 0 Å². The first kappa shape index (κ1) is 19.5. The van der Waals surface area contributed by atoms with Crippen LogP contribution in [0.3, 0.4) is 0 Å². The zero-order valence-corrected chi connectivity index (χ0v) is 16.2. The Labute approximate surface area is 160 Å². The number of nitrogens with zero attached hydrogens (tertiary/aromatic N) is 1. The number of nitrogens with two attached hydrogens (primary N) is 1. The minimum Gasteiger partial charge on any atom is -0.340 e. The van der Waals surface area contributed by atoms with Crippen molar-refractivity contribution >= 4 is 15.9 Å². The van der Waals surface area contributed by atoms with Gasteiger partial charge in [0.25, 0.3) is 0 Å². The summed E-state index contributed by atoms with van der Waals surface area (Å²) in [5.74, 6) is 0.247. The molecule has 0 radical (unpaired) electrons. The van der Waals surface area contributed by atoms with Gasteiger partial charge in [0, 0.05) is 31.5 Å². The highest BCUT2D eigenvalue weighted by Crippen LogP contribution is 2.27. The molecule has 3 rings (SSSR count). The number of carbonyl (C=O) groups excluding carboxylic acids is 1. The molecule has 1 saturated heterocycles. The first-order valence-corrected chi connectivity index (χ1v) is 10.5. The molecule has 27 heavy (non-hydrogen) atoms. The molecular weight excluding hydrogens is 362 g/mol. The molecule has 1 amide bonds. The van der Waals surface area contributed by atoms with Crippen LogP contribution in [0.15, 0.2) is 59.5 Å². The number of likely N-dealkylation sites (tertiary alicyclic amines) is 1. The third-order valence-corrected chi connectivity index (χ3v) is 6.51. The number of rotatable bonds is 6. The highest BCUT2D eigenvalue weighted by Gasteiger charge is 2.33. The summed E-state index contributed by atoms with van der Waals surface area (Å²) in [5.41, 5.74) is 8.36. The summed E-state index contributed by atoms with van der Waals surface area (Å²) in [6.07, 6.45) is 0.951. The fraction of sp³-hybridized carbons (Fsp3) is 0.350. The van der Waals surface area contributed by atoms with Gasteiger partial charge in [-0.15, -0.1) is 0 Å². The average molecular weight is 388 g/mol. The van der Waals surface area contributed by atoms with Crippen LogP contribution >= 0.6 is 0 Å². The molecule has 0 aromatic heterocycles. The summed E-state index contributed by atoms with van der Waals surface area (Å²) < 4.78 is 25.8. The number of amides is 1. The smallest absolute Gasteiger partial charge is 0.240 e. The van der Waals surface area contributed by atoms with E-state index in [1.54, 1.807) is 24.3 Å². The van der Waals surface area contributed by atoms with Crippen molar-refractivity contribution in [1.29, 1.82) is 0 Å². The molecule has 3 N–H and O–H groups in total. The summed E-state index contributed by atoms with van der Waals surface area (Å²) >= 11 is 0. The Morgan fingerprint density at radius 2 is 1.78 bits per heavy atom. The van der Waals surface area contributed by atoms with Gasteiger partial charge in [-0.05, 0) is 36.7 Å². The Morgan fingerprint density at radius 3 is 2.41 bits per heavy atom. The lowest BCUT2D eigenvalue weighted by molar-refractivity contribution is -0.130. The number of aryl methyl sites for hydroxylation is 1. The van der Waals surface area contributed by atoms with Gasteiger partial charge in [0.05, 0.1) is 4.90 Å². The van der Waals surface area contributed by atoms with Gasteiger partial charge < -0.3 is 10.6 Å². The van der Waals surface area contributed by atoms with Crippen LogP contribution in [0.4, 0.5) is 0 Å². The molecule has 0 saturated carbocycles. The van der Waals surface area contributed by atoms with E-state index < -0.39 is 10.0 Å². The normalized spacial score (nSPS) is 20.0. The van der Waals surface area contributed by atoms with Gasteiger partial charge in [0.2, 0.25) is 15.9 Å². The molecule has 0 aliphatic carbocycles. The first-order valence-electron chi connectivity index (χ1n) is 9.01. The minimum atomic E-state index is -3.44. The standard InChI is InChI=1S/C20H25N3O3S/c1-22-27(25,26)17-10-7-15(8-11-17)9-12-20(24)23-13-18(19(21)14-23)16-5-3-2-4-6-16/h2-8,10-11,18-19,22H,9,12-14,21H2,1H3/t18-,19+/m0/s1. The molecule has 6 nitrogen and oxygen atoms in total. The minimum absolute atomic E-state index is 0.0533. The molecule has 2 atom stereocenters. The predicted molar refractivity (Wildman–Crippen MR) is 105 cm³/mol. The Morgan fingerprint density at radius 1 is 1.11 bits per heavy atom. The lowest BCUT2D eigenvalue weighted by atomic mass is 9.95. The quantitative estimate of drug-likeness (QED) is 0.785. The zero-order valence-electron chi connectivity index (χ0n) is 15.3. The largest absolute Gasteiger partial charge is 0.340 e. The highest BCUT2D eigenvalue weighted by molar-refractivity contribution is 7.89. The molecule has 2 aromatic carbocycles. The van der Waals surface area contributed by atoms with Crippen LogP contribution < -0.4 is 10.5 Å². The molecular formula is C20H25N3O3S. The van der Waals surface area contributed by atoms with Crippen molar-refractivity contribution in [3.8, 4) is 0 Å².